The highest BCUT2D eigenvalue weighted by atomic mass is 32.2. The van der Waals surface area contributed by atoms with E-state index in [2.05, 4.69) is 5.32 Å². The molecule has 0 radical (unpaired) electrons. The number of hydrogen-bond donors (Lipinski definition) is 3. The number of ether oxygens (including phenoxy) is 3. The molecule has 1 amide bonds. The molecule has 1 aromatic rings. The van der Waals surface area contributed by atoms with Crippen LogP contribution in [-0.4, -0.2) is 70.2 Å². The van der Waals surface area contributed by atoms with E-state index in [1.54, 1.807) is 6.92 Å². The average molecular weight is 456 g/mol. The fraction of sp³-hybridized carbons (Fsp3) is 0.562. The van der Waals surface area contributed by atoms with Gasteiger partial charge >= 0.3 is 0 Å². The molecule has 0 aliphatic carbocycles. The minimum absolute atomic E-state index is 0.0101. The Labute approximate surface area is 169 Å². The summed E-state index contributed by atoms with van der Waals surface area (Å²) in [6.45, 7) is 1.74. The lowest BCUT2D eigenvalue weighted by Crippen LogP contribution is -2.18. The van der Waals surface area contributed by atoms with Crippen molar-refractivity contribution < 1.29 is 44.9 Å². The second-order valence-electron chi connectivity index (χ2n) is 5.79. The van der Waals surface area contributed by atoms with Gasteiger partial charge in [0.05, 0.1) is 31.3 Å². The first-order chi connectivity index (χ1) is 13.5. The molecule has 0 saturated heterocycles. The normalized spacial score (nSPS) is 11.7. The smallest absolute Gasteiger partial charge is 0.264 e. The molecule has 0 aromatic heterocycles. The Hall–Kier alpha value is -2.09. The zero-order valence-electron chi connectivity index (χ0n) is 16.1. The van der Waals surface area contributed by atoms with Gasteiger partial charge in [-0.3, -0.25) is 13.9 Å². The molecular formula is C16H25NO10S2. The molecule has 0 bridgehead atoms. The fourth-order valence-corrected chi connectivity index (χ4v) is 3.17. The van der Waals surface area contributed by atoms with Gasteiger partial charge in [0.15, 0.2) is 11.5 Å². The largest absolute Gasteiger partial charge is 0.490 e. The van der Waals surface area contributed by atoms with Gasteiger partial charge in [0.2, 0.25) is 5.75 Å². The van der Waals surface area contributed by atoms with Crippen LogP contribution in [0.2, 0.25) is 0 Å². The van der Waals surface area contributed by atoms with Gasteiger partial charge in [-0.05, 0) is 31.9 Å². The second-order valence-corrected chi connectivity index (χ2v) is 8.93. The molecule has 0 aliphatic rings. The van der Waals surface area contributed by atoms with E-state index in [-0.39, 0.29) is 55.5 Å². The lowest BCUT2D eigenvalue weighted by molar-refractivity contribution is 0.0962. The molecule has 1 rings (SSSR count). The quantitative estimate of drug-likeness (QED) is 0.285. The van der Waals surface area contributed by atoms with Gasteiger partial charge in [-0.1, -0.05) is 0 Å². The summed E-state index contributed by atoms with van der Waals surface area (Å²) in [7, 11) is -6.84. The van der Waals surface area contributed by atoms with Crippen molar-refractivity contribution in [1.82, 2.24) is 5.32 Å². The highest BCUT2D eigenvalue weighted by molar-refractivity contribution is 7.86. The first-order valence-corrected chi connectivity index (χ1v) is 11.9. The number of benzene rings is 1. The number of amides is 1. The third-order valence-electron chi connectivity index (χ3n) is 3.41. The van der Waals surface area contributed by atoms with Crippen molar-refractivity contribution in [1.29, 1.82) is 0 Å². The van der Waals surface area contributed by atoms with Crippen molar-refractivity contribution in [2.75, 3.05) is 38.4 Å². The number of nitrogens with one attached hydrogen (secondary N) is 1. The number of hydrogen-bond acceptors (Lipinski definition) is 8. The number of rotatable bonds is 13. The second kappa shape index (κ2) is 11.2. The topological polar surface area (TPSA) is 166 Å². The molecule has 0 saturated carbocycles. The van der Waals surface area contributed by atoms with Crippen LogP contribution in [0.5, 0.6) is 17.2 Å². The van der Waals surface area contributed by atoms with Gasteiger partial charge in [-0.25, -0.2) is 0 Å². The maximum atomic E-state index is 12.0. The van der Waals surface area contributed by atoms with Crippen LogP contribution >= 0.6 is 0 Å². The van der Waals surface area contributed by atoms with E-state index < -0.39 is 37.6 Å². The maximum absolute atomic E-state index is 12.0. The standard InChI is InChI=1S/C16H25NO10S2/c1-3-25-13-10-12(16(18)17-2)11-14(26-6-4-8-28(19,20)21)15(13)27-7-5-9-29(22,23)24/h10-11H,3-9H2,1-2H3,(H,17,18)(H,19,20,21)(H,22,23,24). The average Bonchev–Trinajstić information content (AvgIpc) is 2.61. The van der Waals surface area contributed by atoms with Crippen molar-refractivity contribution in [2.45, 2.75) is 19.8 Å². The van der Waals surface area contributed by atoms with Crippen molar-refractivity contribution in [3.05, 3.63) is 17.7 Å². The minimum Gasteiger partial charge on any atom is -0.490 e. The zero-order chi connectivity index (χ0) is 22.1. The van der Waals surface area contributed by atoms with Gasteiger partial charge in [0.25, 0.3) is 26.1 Å². The lowest BCUT2D eigenvalue weighted by atomic mass is 10.1. The minimum atomic E-state index is -4.14. The summed E-state index contributed by atoms with van der Waals surface area (Å²) in [4.78, 5) is 12.0. The van der Waals surface area contributed by atoms with E-state index in [0.717, 1.165) is 0 Å². The lowest BCUT2D eigenvalue weighted by Gasteiger charge is -2.18. The molecule has 0 fully saturated rings. The molecule has 11 nitrogen and oxygen atoms in total. The highest BCUT2D eigenvalue weighted by Gasteiger charge is 2.19. The van der Waals surface area contributed by atoms with E-state index in [4.69, 9.17) is 23.3 Å². The maximum Gasteiger partial charge on any atom is 0.264 e. The van der Waals surface area contributed by atoms with E-state index >= 15 is 0 Å². The Kier molecular flexibility index (Phi) is 9.62. The van der Waals surface area contributed by atoms with Gasteiger partial charge < -0.3 is 19.5 Å². The zero-order valence-corrected chi connectivity index (χ0v) is 17.7. The molecule has 0 aliphatic heterocycles. The first kappa shape index (κ1) is 24.9. The number of carbonyl (C=O) groups excluding carboxylic acids is 1. The third kappa shape index (κ3) is 9.78. The monoisotopic (exact) mass is 455 g/mol. The van der Waals surface area contributed by atoms with Crippen LogP contribution in [0.25, 0.3) is 0 Å². The molecule has 3 N–H and O–H groups in total. The predicted molar refractivity (Wildman–Crippen MR) is 104 cm³/mol. The summed E-state index contributed by atoms with van der Waals surface area (Å²) in [6, 6.07) is 2.79. The van der Waals surface area contributed by atoms with Crippen LogP contribution in [0, 0.1) is 0 Å². The first-order valence-electron chi connectivity index (χ1n) is 8.65. The van der Waals surface area contributed by atoms with Crippen molar-refractivity contribution in [3.63, 3.8) is 0 Å². The van der Waals surface area contributed by atoms with Gasteiger partial charge in [-0.15, -0.1) is 0 Å². The SMILES string of the molecule is CCOc1cc(C(=O)NC)cc(OCCCS(=O)(=O)O)c1OCCCS(=O)(=O)O. The Morgan fingerprint density at radius 2 is 1.41 bits per heavy atom. The van der Waals surface area contributed by atoms with Gasteiger partial charge in [-0.2, -0.15) is 16.8 Å². The van der Waals surface area contributed by atoms with E-state index in [1.165, 1.54) is 19.2 Å². The van der Waals surface area contributed by atoms with Crippen molar-refractivity contribution in [2.24, 2.45) is 0 Å². The van der Waals surface area contributed by atoms with E-state index in [1.807, 2.05) is 0 Å². The number of carbonyl (C=O) groups is 1. The Balaban J connectivity index is 3.08. The van der Waals surface area contributed by atoms with Crippen molar-refractivity contribution >= 4 is 26.1 Å². The summed E-state index contributed by atoms with van der Waals surface area (Å²) in [5.74, 6) is -1.08. The molecule has 13 heteroatoms. The van der Waals surface area contributed by atoms with Crippen LogP contribution in [-0.2, 0) is 20.2 Å². The molecule has 0 heterocycles. The third-order valence-corrected chi connectivity index (χ3v) is 5.02. The summed E-state index contributed by atoms with van der Waals surface area (Å²) in [5.41, 5.74) is 0.200. The van der Waals surface area contributed by atoms with Gasteiger partial charge in [0.1, 0.15) is 0 Å². The van der Waals surface area contributed by atoms with Crippen LogP contribution in [0.4, 0.5) is 0 Å². The van der Waals surface area contributed by atoms with E-state index in [9.17, 15) is 21.6 Å². The molecule has 29 heavy (non-hydrogen) atoms. The summed E-state index contributed by atoms with van der Waals surface area (Å²) in [5, 5.41) is 2.46. The van der Waals surface area contributed by atoms with Gasteiger partial charge in [0, 0.05) is 12.6 Å². The Morgan fingerprint density at radius 1 is 0.931 bits per heavy atom. The molecule has 0 atom stereocenters. The summed E-state index contributed by atoms with van der Waals surface area (Å²) < 4.78 is 77.4. The molecule has 0 spiro atoms. The summed E-state index contributed by atoms with van der Waals surface area (Å²) >= 11 is 0. The van der Waals surface area contributed by atoms with E-state index in [0.29, 0.717) is 0 Å². The molecule has 166 valence electrons. The fourth-order valence-electron chi connectivity index (χ4n) is 2.20. The Morgan fingerprint density at radius 3 is 1.86 bits per heavy atom. The van der Waals surface area contributed by atoms with Crippen LogP contribution in [0.1, 0.15) is 30.1 Å². The molecular weight excluding hydrogens is 430 g/mol. The molecule has 0 unspecified atom stereocenters. The van der Waals surface area contributed by atoms with Crippen LogP contribution in [0.3, 0.4) is 0 Å². The summed E-state index contributed by atoms with van der Waals surface area (Å²) in [6.07, 6.45) is -0.0288. The van der Waals surface area contributed by atoms with Crippen LogP contribution in [0.15, 0.2) is 12.1 Å². The Bertz CT molecular complexity index is 897. The molecule has 1 aromatic carbocycles. The highest BCUT2D eigenvalue weighted by Crippen LogP contribution is 2.39. The predicted octanol–water partition coefficient (Wildman–Crippen LogP) is 0.758. The van der Waals surface area contributed by atoms with Crippen molar-refractivity contribution in [3.8, 4) is 17.2 Å². The van der Waals surface area contributed by atoms with Crippen LogP contribution < -0.4 is 19.5 Å².